The molecule has 1 atom stereocenters. The van der Waals surface area contributed by atoms with Crippen LogP contribution < -0.4 is 0 Å². The first-order chi connectivity index (χ1) is 6.86. The van der Waals surface area contributed by atoms with Crippen molar-refractivity contribution in [1.82, 2.24) is 0 Å². The Bertz CT molecular complexity index is 320. The zero-order chi connectivity index (χ0) is 9.80. The van der Waals surface area contributed by atoms with Crippen LogP contribution in [0, 0.1) is 11.8 Å². The van der Waals surface area contributed by atoms with Gasteiger partial charge in [0.1, 0.15) is 0 Å². The SMILES string of the molecule is CC(Cc1ccccc1)C1C=CC=C1. The molecule has 14 heavy (non-hydrogen) atoms. The Morgan fingerprint density at radius 2 is 1.71 bits per heavy atom. The number of hydrogen-bond donors (Lipinski definition) is 0. The van der Waals surface area contributed by atoms with Crippen LogP contribution in [0.15, 0.2) is 54.6 Å². The van der Waals surface area contributed by atoms with E-state index in [0.29, 0.717) is 11.8 Å². The first kappa shape index (κ1) is 9.26. The fraction of sp³-hybridized carbons (Fsp3) is 0.286. The minimum Gasteiger partial charge on any atom is -0.0773 e. The van der Waals surface area contributed by atoms with Crippen LogP contribution in [0.4, 0.5) is 0 Å². The van der Waals surface area contributed by atoms with Gasteiger partial charge in [-0.1, -0.05) is 61.6 Å². The molecular formula is C14H16. The van der Waals surface area contributed by atoms with Gasteiger partial charge in [-0.3, -0.25) is 0 Å². The average molecular weight is 184 g/mol. The maximum Gasteiger partial charge on any atom is -0.00184 e. The van der Waals surface area contributed by atoms with E-state index in [2.05, 4.69) is 61.6 Å². The minimum atomic E-state index is 0.634. The maximum absolute atomic E-state index is 2.32. The van der Waals surface area contributed by atoms with E-state index in [1.54, 1.807) is 0 Å². The molecule has 0 heteroatoms. The van der Waals surface area contributed by atoms with Gasteiger partial charge in [-0.15, -0.1) is 0 Å². The lowest BCUT2D eigenvalue weighted by Crippen LogP contribution is -2.08. The molecule has 0 bridgehead atoms. The zero-order valence-electron chi connectivity index (χ0n) is 8.56. The highest BCUT2D eigenvalue weighted by Crippen LogP contribution is 2.22. The molecule has 1 aromatic carbocycles. The van der Waals surface area contributed by atoms with Crippen molar-refractivity contribution < 1.29 is 0 Å². The number of benzene rings is 1. The van der Waals surface area contributed by atoms with Gasteiger partial charge in [0.15, 0.2) is 0 Å². The van der Waals surface area contributed by atoms with Crippen molar-refractivity contribution in [3.63, 3.8) is 0 Å². The van der Waals surface area contributed by atoms with Crippen LogP contribution in [0.2, 0.25) is 0 Å². The van der Waals surface area contributed by atoms with Gasteiger partial charge in [0.25, 0.3) is 0 Å². The van der Waals surface area contributed by atoms with Crippen LogP contribution in [-0.4, -0.2) is 0 Å². The average Bonchev–Trinajstić information content (AvgIpc) is 2.72. The third-order valence-electron chi connectivity index (χ3n) is 2.84. The number of allylic oxidation sites excluding steroid dienone is 4. The summed E-state index contributed by atoms with van der Waals surface area (Å²) in [5.74, 6) is 1.34. The summed E-state index contributed by atoms with van der Waals surface area (Å²) in [5.41, 5.74) is 1.44. The second-order valence-electron chi connectivity index (χ2n) is 4.01. The molecule has 1 aliphatic carbocycles. The lowest BCUT2D eigenvalue weighted by molar-refractivity contribution is 0.500. The molecular weight excluding hydrogens is 168 g/mol. The zero-order valence-corrected chi connectivity index (χ0v) is 8.56. The summed E-state index contributed by atoms with van der Waals surface area (Å²) in [6.07, 6.45) is 10.0. The van der Waals surface area contributed by atoms with Crippen molar-refractivity contribution in [1.29, 1.82) is 0 Å². The Kier molecular flexibility index (Phi) is 2.83. The van der Waals surface area contributed by atoms with E-state index in [1.807, 2.05) is 0 Å². The van der Waals surface area contributed by atoms with E-state index in [0.717, 1.165) is 0 Å². The van der Waals surface area contributed by atoms with E-state index >= 15 is 0 Å². The lowest BCUT2D eigenvalue weighted by atomic mass is 9.89. The molecule has 0 nitrogen and oxygen atoms in total. The first-order valence-electron chi connectivity index (χ1n) is 5.25. The summed E-state index contributed by atoms with van der Waals surface area (Å²) in [6.45, 7) is 2.32. The summed E-state index contributed by atoms with van der Waals surface area (Å²) in [4.78, 5) is 0. The van der Waals surface area contributed by atoms with Gasteiger partial charge in [-0.05, 0) is 23.8 Å². The van der Waals surface area contributed by atoms with Crippen molar-refractivity contribution in [2.24, 2.45) is 11.8 Å². The quantitative estimate of drug-likeness (QED) is 0.673. The van der Waals surface area contributed by atoms with Gasteiger partial charge < -0.3 is 0 Å². The molecule has 0 aliphatic heterocycles. The van der Waals surface area contributed by atoms with Crippen LogP contribution in [0.5, 0.6) is 0 Å². The number of rotatable bonds is 3. The van der Waals surface area contributed by atoms with Gasteiger partial charge in [0.2, 0.25) is 0 Å². The van der Waals surface area contributed by atoms with E-state index < -0.39 is 0 Å². The monoisotopic (exact) mass is 184 g/mol. The molecule has 1 unspecified atom stereocenters. The molecule has 72 valence electrons. The molecule has 2 rings (SSSR count). The minimum absolute atomic E-state index is 0.634. The molecule has 0 amide bonds. The molecule has 0 aromatic heterocycles. The van der Waals surface area contributed by atoms with Gasteiger partial charge in [0, 0.05) is 0 Å². The molecule has 0 fully saturated rings. The fourth-order valence-corrected chi connectivity index (χ4v) is 1.95. The summed E-state index contributed by atoms with van der Waals surface area (Å²) < 4.78 is 0. The van der Waals surface area contributed by atoms with E-state index in [4.69, 9.17) is 0 Å². The lowest BCUT2D eigenvalue weighted by Gasteiger charge is -2.15. The second-order valence-corrected chi connectivity index (χ2v) is 4.01. The molecule has 0 N–H and O–H groups in total. The number of hydrogen-bond acceptors (Lipinski definition) is 0. The first-order valence-corrected chi connectivity index (χ1v) is 5.25. The smallest absolute Gasteiger partial charge is 0.00184 e. The largest absolute Gasteiger partial charge is 0.0773 e. The predicted molar refractivity (Wildman–Crippen MR) is 61.1 cm³/mol. The standard InChI is InChI=1S/C14H16/c1-12(14-9-5-6-10-14)11-13-7-3-2-4-8-13/h2-10,12,14H,11H2,1H3. The van der Waals surface area contributed by atoms with Gasteiger partial charge in [-0.25, -0.2) is 0 Å². The Morgan fingerprint density at radius 1 is 1.07 bits per heavy atom. The van der Waals surface area contributed by atoms with Crippen molar-refractivity contribution in [2.45, 2.75) is 13.3 Å². The van der Waals surface area contributed by atoms with Crippen LogP contribution in [0.1, 0.15) is 12.5 Å². The normalized spacial score (nSPS) is 17.5. The van der Waals surface area contributed by atoms with Gasteiger partial charge in [0.05, 0.1) is 0 Å². The van der Waals surface area contributed by atoms with Crippen molar-refractivity contribution in [2.75, 3.05) is 0 Å². The third kappa shape index (κ3) is 2.14. The maximum atomic E-state index is 2.32. The fourth-order valence-electron chi connectivity index (χ4n) is 1.95. The molecule has 0 saturated heterocycles. The molecule has 0 radical (unpaired) electrons. The van der Waals surface area contributed by atoms with Crippen LogP contribution in [0.3, 0.4) is 0 Å². The van der Waals surface area contributed by atoms with Crippen molar-refractivity contribution in [3.05, 3.63) is 60.2 Å². The van der Waals surface area contributed by atoms with Crippen LogP contribution in [0.25, 0.3) is 0 Å². The molecule has 0 spiro atoms. The highest BCUT2D eigenvalue weighted by Gasteiger charge is 2.13. The Hall–Kier alpha value is -1.30. The van der Waals surface area contributed by atoms with E-state index in [1.165, 1.54) is 12.0 Å². The molecule has 0 heterocycles. The van der Waals surface area contributed by atoms with Crippen molar-refractivity contribution in [3.8, 4) is 0 Å². The Labute approximate surface area is 86.0 Å². The molecule has 0 saturated carbocycles. The molecule has 1 aromatic rings. The summed E-state index contributed by atoms with van der Waals surface area (Å²) in [5, 5.41) is 0. The summed E-state index contributed by atoms with van der Waals surface area (Å²) in [6, 6.07) is 10.7. The molecule has 1 aliphatic rings. The third-order valence-corrected chi connectivity index (χ3v) is 2.84. The highest BCUT2D eigenvalue weighted by atomic mass is 14.2. The van der Waals surface area contributed by atoms with Crippen molar-refractivity contribution >= 4 is 0 Å². The topological polar surface area (TPSA) is 0 Å². The van der Waals surface area contributed by atoms with Gasteiger partial charge >= 0.3 is 0 Å². The van der Waals surface area contributed by atoms with Crippen LogP contribution >= 0.6 is 0 Å². The summed E-state index contributed by atoms with van der Waals surface area (Å²) >= 11 is 0. The Morgan fingerprint density at radius 3 is 2.36 bits per heavy atom. The van der Waals surface area contributed by atoms with E-state index in [-0.39, 0.29) is 0 Å². The van der Waals surface area contributed by atoms with Gasteiger partial charge in [-0.2, -0.15) is 0 Å². The predicted octanol–water partition coefficient (Wildman–Crippen LogP) is 3.61. The van der Waals surface area contributed by atoms with E-state index in [9.17, 15) is 0 Å². The Balaban J connectivity index is 1.98. The highest BCUT2D eigenvalue weighted by molar-refractivity contribution is 5.21. The summed E-state index contributed by atoms with van der Waals surface area (Å²) in [7, 11) is 0. The van der Waals surface area contributed by atoms with Crippen LogP contribution in [-0.2, 0) is 6.42 Å². The second kappa shape index (κ2) is 4.28.